The fourth-order valence-corrected chi connectivity index (χ4v) is 5.93. The van der Waals surface area contributed by atoms with E-state index in [0.717, 1.165) is 54.2 Å². The molecule has 0 unspecified atom stereocenters. The number of nitrogens with zero attached hydrogens (tertiary/aromatic N) is 5. The first-order valence-electron chi connectivity index (χ1n) is 13.9. The quantitative estimate of drug-likeness (QED) is 0.277. The highest BCUT2D eigenvalue weighted by Gasteiger charge is 2.24. The van der Waals surface area contributed by atoms with E-state index >= 15 is 0 Å². The summed E-state index contributed by atoms with van der Waals surface area (Å²) in [6, 6.07) is 9.72. The average molecular weight is 537 g/mol. The maximum absolute atomic E-state index is 13.6. The molecule has 2 aromatic heterocycles. The van der Waals surface area contributed by atoms with Gasteiger partial charge in [-0.25, -0.2) is 14.6 Å². The van der Waals surface area contributed by atoms with Crippen molar-refractivity contribution in [3.05, 3.63) is 53.1 Å². The van der Waals surface area contributed by atoms with Crippen LogP contribution in [0.15, 0.2) is 35.5 Å². The molecule has 204 valence electrons. The molecule has 0 radical (unpaired) electrons. The summed E-state index contributed by atoms with van der Waals surface area (Å²) in [6.07, 6.45) is 13.4. The van der Waals surface area contributed by atoms with Crippen molar-refractivity contribution in [1.29, 1.82) is 0 Å². The minimum absolute atomic E-state index is 0.154. The number of carbonyl (C=O) groups excluding carboxylic acids is 1. The van der Waals surface area contributed by atoms with Crippen molar-refractivity contribution in [2.24, 2.45) is 0 Å². The van der Waals surface area contributed by atoms with E-state index < -0.39 is 0 Å². The molecule has 9 heteroatoms. The molecule has 38 heavy (non-hydrogen) atoms. The van der Waals surface area contributed by atoms with Crippen LogP contribution in [0.1, 0.15) is 98.2 Å². The standard InChI is InChI=1S/C29H40N6O2S/c1-21-19-22(2)31-29(30-21)38-20-26-27(33-34-35(26)24-15-17-25(37-3)18-16-24)28(36)32-23-13-11-9-7-5-4-6-8-10-12-14-23/h15-19,23H,4-14,20H2,1-3H3,(H,32,36). The molecule has 2 heterocycles. The lowest BCUT2D eigenvalue weighted by atomic mass is 9.98. The van der Waals surface area contributed by atoms with Gasteiger partial charge in [0.25, 0.3) is 5.91 Å². The van der Waals surface area contributed by atoms with E-state index in [0.29, 0.717) is 16.6 Å². The molecular formula is C29H40N6O2S. The van der Waals surface area contributed by atoms with Crippen LogP contribution in [0.5, 0.6) is 5.75 Å². The second-order valence-corrected chi connectivity index (χ2v) is 11.1. The van der Waals surface area contributed by atoms with Crippen molar-refractivity contribution in [3.63, 3.8) is 0 Å². The van der Waals surface area contributed by atoms with Crippen molar-refractivity contribution in [3.8, 4) is 11.4 Å². The molecule has 4 rings (SSSR count). The van der Waals surface area contributed by atoms with Gasteiger partial charge in [-0.15, -0.1) is 5.10 Å². The van der Waals surface area contributed by atoms with Crippen LogP contribution in [0.3, 0.4) is 0 Å². The van der Waals surface area contributed by atoms with Gasteiger partial charge in [-0.2, -0.15) is 0 Å². The number of aryl methyl sites for hydroxylation is 2. The van der Waals surface area contributed by atoms with E-state index in [1.54, 1.807) is 11.8 Å². The lowest BCUT2D eigenvalue weighted by molar-refractivity contribution is 0.0925. The summed E-state index contributed by atoms with van der Waals surface area (Å²) in [7, 11) is 1.64. The Morgan fingerprint density at radius 1 is 0.947 bits per heavy atom. The van der Waals surface area contributed by atoms with Crippen molar-refractivity contribution >= 4 is 17.7 Å². The molecule has 1 N–H and O–H groups in total. The van der Waals surface area contributed by atoms with Crippen LogP contribution >= 0.6 is 11.8 Å². The zero-order valence-electron chi connectivity index (χ0n) is 22.9. The highest BCUT2D eigenvalue weighted by atomic mass is 32.2. The number of amides is 1. The average Bonchev–Trinajstić information content (AvgIpc) is 3.32. The van der Waals surface area contributed by atoms with Crippen LogP contribution in [0, 0.1) is 13.8 Å². The summed E-state index contributed by atoms with van der Waals surface area (Å²) in [5.41, 5.74) is 3.75. The third-order valence-electron chi connectivity index (χ3n) is 7.04. The molecule has 3 aromatic rings. The number of ether oxygens (including phenoxy) is 1. The summed E-state index contributed by atoms with van der Waals surface area (Å²) < 4.78 is 7.05. The Hall–Kier alpha value is -2.94. The van der Waals surface area contributed by atoms with Gasteiger partial charge in [0.15, 0.2) is 10.9 Å². The predicted molar refractivity (Wildman–Crippen MR) is 151 cm³/mol. The number of methoxy groups -OCH3 is 1. The number of thioether (sulfide) groups is 1. The Kier molecular flexibility index (Phi) is 10.6. The first-order valence-corrected chi connectivity index (χ1v) is 14.9. The normalized spacial score (nSPS) is 15.9. The summed E-state index contributed by atoms with van der Waals surface area (Å²) in [5, 5.41) is 12.8. The van der Waals surface area contributed by atoms with E-state index in [-0.39, 0.29) is 11.9 Å². The fourth-order valence-electron chi connectivity index (χ4n) is 4.99. The molecule has 0 spiro atoms. The Labute approximate surface area is 230 Å². The van der Waals surface area contributed by atoms with E-state index in [1.807, 2.05) is 44.2 Å². The number of hydrogen-bond acceptors (Lipinski definition) is 7. The highest BCUT2D eigenvalue weighted by Crippen LogP contribution is 2.25. The van der Waals surface area contributed by atoms with E-state index in [2.05, 4.69) is 25.6 Å². The lowest BCUT2D eigenvalue weighted by Gasteiger charge is -2.19. The molecular weight excluding hydrogens is 496 g/mol. The molecule has 1 fully saturated rings. The number of hydrogen-bond donors (Lipinski definition) is 1. The van der Waals surface area contributed by atoms with E-state index in [1.165, 1.54) is 56.7 Å². The van der Waals surface area contributed by atoms with Gasteiger partial charge in [-0.05, 0) is 57.0 Å². The van der Waals surface area contributed by atoms with Crippen molar-refractivity contribution in [2.45, 2.75) is 101 Å². The highest BCUT2D eigenvalue weighted by molar-refractivity contribution is 7.98. The van der Waals surface area contributed by atoms with E-state index in [9.17, 15) is 4.79 Å². The second-order valence-electron chi connectivity index (χ2n) is 10.1. The number of rotatable bonds is 7. The number of aromatic nitrogens is 5. The first-order chi connectivity index (χ1) is 18.5. The van der Waals surface area contributed by atoms with Crippen molar-refractivity contribution < 1.29 is 9.53 Å². The molecule has 0 aliphatic heterocycles. The maximum atomic E-state index is 13.6. The van der Waals surface area contributed by atoms with Crippen LogP contribution in [0.2, 0.25) is 0 Å². The molecule has 1 aliphatic rings. The SMILES string of the molecule is COc1ccc(-n2nnc(C(=O)NC3CCCCCCCCCCC3)c2CSc2nc(C)cc(C)n2)cc1. The largest absolute Gasteiger partial charge is 0.497 e. The van der Waals surface area contributed by atoms with Gasteiger partial charge in [0, 0.05) is 23.2 Å². The Bertz CT molecular complexity index is 1150. The molecule has 1 aliphatic carbocycles. The van der Waals surface area contributed by atoms with Gasteiger partial charge < -0.3 is 10.1 Å². The summed E-state index contributed by atoms with van der Waals surface area (Å²) in [5.74, 6) is 1.07. The fraction of sp³-hybridized carbons (Fsp3) is 0.552. The van der Waals surface area contributed by atoms with Crippen LogP contribution < -0.4 is 10.1 Å². The van der Waals surface area contributed by atoms with Crippen LogP contribution in [-0.2, 0) is 5.75 Å². The summed E-state index contributed by atoms with van der Waals surface area (Å²) in [4.78, 5) is 22.7. The molecule has 1 saturated carbocycles. The minimum atomic E-state index is -0.154. The predicted octanol–water partition coefficient (Wildman–Crippen LogP) is 6.38. The van der Waals surface area contributed by atoms with Crippen LogP contribution in [0.25, 0.3) is 5.69 Å². The second kappa shape index (κ2) is 14.3. The zero-order valence-corrected chi connectivity index (χ0v) is 23.7. The molecule has 0 atom stereocenters. The molecule has 0 saturated heterocycles. The smallest absolute Gasteiger partial charge is 0.274 e. The first kappa shape index (κ1) is 28.1. The number of carbonyl (C=O) groups is 1. The van der Waals surface area contributed by atoms with Crippen molar-refractivity contribution in [2.75, 3.05) is 7.11 Å². The van der Waals surface area contributed by atoms with Gasteiger partial charge >= 0.3 is 0 Å². The topological polar surface area (TPSA) is 94.8 Å². The van der Waals surface area contributed by atoms with Crippen LogP contribution in [0.4, 0.5) is 0 Å². The van der Waals surface area contributed by atoms with Crippen LogP contribution in [-0.4, -0.2) is 44.0 Å². The number of benzene rings is 1. The lowest BCUT2D eigenvalue weighted by Crippen LogP contribution is -2.35. The van der Waals surface area contributed by atoms with Gasteiger partial charge in [0.05, 0.1) is 18.5 Å². The van der Waals surface area contributed by atoms with Gasteiger partial charge in [-0.3, -0.25) is 4.79 Å². The Morgan fingerprint density at radius 2 is 1.53 bits per heavy atom. The third kappa shape index (κ3) is 8.03. The Balaban J connectivity index is 1.55. The molecule has 1 aromatic carbocycles. The van der Waals surface area contributed by atoms with Gasteiger partial charge in [0.2, 0.25) is 0 Å². The molecule has 8 nitrogen and oxygen atoms in total. The number of nitrogens with one attached hydrogen (secondary N) is 1. The molecule has 1 amide bonds. The summed E-state index contributed by atoms with van der Waals surface area (Å²) >= 11 is 1.49. The summed E-state index contributed by atoms with van der Waals surface area (Å²) in [6.45, 7) is 3.92. The minimum Gasteiger partial charge on any atom is -0.497 e. The molecule has 0 bridgehead atoms. The van der Waals surface area contributed by atoms with Gasteiger partial charge in [-0.1, -0.05) is 74.8 Å². The van der Waals surface area contributed by atoms with E-state index in [4.69, 9.17) is 4.74 Å². The Morgan fingerprint density at radius 3 is 2.11 bits per heavy atom. The maximum Gasteiger partial charge on any atom is 0.274 e. The third-order valence-corrected chi connectivity index (χ3v) is 7.89. The zero-order chi connectivity index (χ0) is 26.7. The van der Waals surface area contributed by atoms with Gasteiger partial charge in [0.1, 0.15) is 5.75 Å². The van der Waals surface area contributed by atoms with Crippen molar-refractivity contribution in [1.82, 2.24) is 30.3 Å². The monoisotopic (exact) mass is 536 g/mol.